The first kappa shape index (κ1) is 27.4. The van der Waals surface area contributed by atoms with Gasteiger partial charge in [0, 0.05) is 55.7 Å². The van der Waals surface area contributed by atoms with Crippen molar-refractivity contribution in [3.05, 3.63) is 83.7 Å². The first-order valence-corrected chi connectivity index (χ1v) is 13.1. The number of fused-ring (bicyclic) bond motifs is 1. The number of aromatic nitrogens is 2. The highest BCUT2D eigenvalue weighted by atomic mass is 19.4. The first-order valence-electron chi connectivity index (χ1n) is 13.1. The monoisotopic (exact) mass is 552 g/mol. The van der Waals surface area contributed by atoms with E-state index in [2.05, 4.69) is 50.8 Å². The Hall–Kier alpha value is -4.21. The van der Waals surface area contributed by atoms with E-state index in [0.717, 1.165) is 42.1 Å². The van der Waals surface area contributed by atoms with Gasteiger partial charge in [0.2, 0.25) is 0 Å². The van der Waals surface area contributed by atoms with Gasteiger partial charge in [0.25, 0.3) is 0 Å². The Morgan fingerprint density at radius 3 is 2.35 bits per heavy atom. The number of hydrogen-bond donors (Lipinski definition) is 0. The number of halogens is 3. The van der Waals surface area contributed by atoms with Crippen molar-refractivity contribution in [3.8, 4) is 11.5 Å². The van der Waals surface area contributed by atoms with E-state index in [4.69, 9.17) is 4.74 Å². The number of carbonyl (C=O) groups is 1. The maximum Gasteiger partial charge on any atom is 0.573 e. The lowest BCUT2D eigenvalue weighted by atomic mass is 10.0. The average molecular weight is 553 g/mol. The second kappa shape index (κ2) is 11.1. The number of Topliss-reactive ketones (excluding diaryl/α,β-unsaturated/α-hetero) is 1. The Kier molecular flexibility index (Phi) is 7.60. The fraction of sp³-hybridized carbons (Fsp3) is 0.333. The van der Waals surface area contributed by atoms with Gasteiger partial charge in [-0.1, -0.05) is 12.1 Å². The third-order valence-corrected chi connectivity index (χ3v) is 7.27. The summed E-state index contributed by atoms with van der Waals surface area (Å²) < 4.78 is 48.4. The lowest BCUT2D eigenvalue weighted by molar-refractivity contribution is -0.274. The summed E-state index contributed by atoms with van der Waals surface area (Å²) >= 11 is 0. The summed E-state index contributed by atoms with van der Waals surface area (Å²) in [6.45, 7) is 6.24. The van der Waals surface area contributed by atoms with E-state index in [9.17, 15) is 18.0 Å². The van der Waals surface area contributed by atoms with E-state index in [1.165, 1.54) is 12.1 Å². The minimum absolute atomic E-state index is 0.0489. The third-order valence-electron chi connectivity index (χ3n) is 7.27. The summed E-state index contributed by atoms with van der Waals surface area (Å²) in [5, 5.41) is 4.46. The van der Waals surface area contributed by atoms with Crippen molar-refractivity contribution < 1.29 is 27.4 Å². The van der Waals surface area contributed by atoms with Gasteiger partial charge in [-0.15, -0.1) is 13.2 Å². The van der Waals surface area contributed by atoms with Crippen molar-refractivity contribution in [2.45, 2.75) is 39.1 Å². The van der Waals surface area contributed by atoms with E-state index in [1.54, 1.807) is 30.0 Å². The zero-order valence-electron chi connectivity index (χ0n) is 22.6. The molecule has 1 saturated heterocycles. The zero-order valence-corrected chi connectivity index (χ0v) is 22.6. The van der Waals surface area contributed by atoms with Gasteiger partial charge in [-0.3, -0.25) is 4.79 Å². The Bertz CT molecular complexity index is 1480. The van der Waals surface area contributed by atoms with Crippen LogP contribution in [0.2, 0.25) is 0 Å². The molecule has 0 N–H and O–H groups in total. The first-order chi connectivity index (χ1) is 19.1. The molecule has 0 spiro atoms. The van der Waals surface area contributed by atoms with Crippen LogP contribution < -0.4 is 19.3 Å². The number of ketones is 1. The molecule has 40 heavy (non-hydrogen) atoms. The Morgan fingerprint density at radius 2 is 1.70 bits per heavy atom. The number of alkyl halides is 3. The molecule has 1 fully saturated rings. The standard InChI is InChI=1S/C30H31F3N4O3/c1-20-19-35(16-17-36(20)24-9-11-25(12-10-24)40-30(31,32)33)23-7-4-22(5-8-23)6-13-28(38)29-21(2)34-37-15-14-26(39-3)18-27(29)37/h4-5,7-12,14-15,18,20H,6,13,16-17,19H2,1-3H3/t20-/m0/s1. The second-order valence-corrected chi connectivity index (χ2v) is 9.98. The summed E-state index contributed by atoms with van der Waals surface area (Å²) in [6.07, 6.45) is -1.91. The summed E-state index contributed by atoms with van der Waals surface area (Å²) in [5.74, 6) is 0.506. The molecule has 3 heterocycles. The molecule has 4 aromatic rings. The number of anilines is 2. The number of benzene rings is 2. The molecule has 2 aromatic heterocycles. The smallest absolute Gasteiger partial charge is 0.497 e. The van der Waals surface area contributed by atoms with Crippen molar-refractivity contribution in [2.75, 3.05) is 36.5 Å². The van der Waals surface area contributed by atoms with Gasteiger partial charge in [0.1, 0.15) is 11.5 Å². The van der Waals surface area contributed by atoms with Crippen molar-refractivity contribution in [1.29, 1.82) is 0 Å². The number of pyridine rings is 1. The molecule has 0 unspecified atom stereocenters. The summed E-state index contributed by atoms with van der Waals surface area (Å²) in [5.41, 5.74) is 5.12. The van der Waals surface area contributed by atoms with Gasteiger partial charge >= 0.3 is 6.36 Å². The molecular weight excluding hydrogens is 521 g/mol. The highest BCUT2D eigenvalue weighted by Gasteiger charge is 2.31. The SMILES string of the molecule is COc1ccn2nc(C)c(C(=O)CCc3ccc(N4CCN(c5ccc(OC(F)(F)F)cc5)[C@@H](C)C4)cc3)c2c1. The number of rotatable bonds is 8. The van der Waals surface area contributed by atoms with E-state index in [1.807, 2.05) is 19.1 Å². The third kappa shape index (κ3) is 6.00. The van der Waals surface area contributed by atoms with Gasteiger partial charge in [-0.25, -0.2) is 4.52 Å². The fourth-order valence-corrected chi connectivity index (χ4v) is 5.29. The molecule has 0 aliphatic carbocycles. The maximum atomic E-state index is 13.1. The van der Waals surface area contributed by atoms with Crippen LogP contribution >= 0.6 is 0 Å². The van der Waals surface area contributed by atoms with Crippen LogP contribution in [0, 0.1) is 6.92 Å². The summed E-state index contributed by atoms with van der Waals surface area (Å²) in [7, 11) is 1.60. The van der Waals surface area contributed by atoms with Crippen LogP contribution in [0.15, 0.2) is 66.9 Å². The Balaban J connectivity index is 1.18. The number of methoxy groups -OCH3 is 1. The van der Waals surface area contributed by atoms with Crippen LogP contribution in [0.1, 0.15) is 35.0 Å². The normalized spacial score (nSPS) is 15.9. The fourth-order valence-electron chi connectivity index (χ4n) is 5.29. The molecule has 5 rings (SSSR count). The lowest BCUT2D eigenvalue weighted by Crippen LogP contribution is -2.52. The molecule has 7 nitrogen and oxygen atoms in total. The lowest BCUT2D eigenvalue weighted by Gasteiger charge is -2.42. The molecule has 210 valence electrons. The molecule has 2 aromatic carbocycles. The topological polar surface area (TPSA) is 59.3 Å². The molecule has 1 aliphatic rings. The van der Waals surface area contributed by atoms with E-state index in [-0.39, 0.29) is 17.6 Å². The Morgan fingerprint density at radius 1 is 1.00 bits per heavy atom. The zero-order chi connectivity index (χ0) is 28.4. The summed E-state index contributed by atoms with van der Waals surface area (Å²) in [6, 6.07) is 18.1. The van der Waals surface area contributed by atoms with Gasteiger partial charge in [0.05, 0.1) is 23.9 Å². The van der Waals surface area contributed by atoms with Crippen molar-refractivity contribution >= 4 is 22.7 Å². The largest absolute Gasteiger partial charge is 0.573 e. The molecule has 1 aliphatic heterocycles. The number of ether oxygens (including phenoxy) is 2. The average Bonchev–Trinajstić information content (AvgIpc) is 3.26. The predicted octanol–water partition coefficient (Wildman–Crippen LogP) is 6.08. The van der Waals surface area contributed by atoms with E-state index >= 15 is 0 Å². The van der Waals surface area contributed by atoms with Crippen LogP contribution in [-0.4, -0.2) is 54.5 Å². The van der Waals surface area contributed by atoms with Gasteiger partial charge < -0.3 is 19.3 Å². The molecule has 0 bridgehead atoms. The summed E-state index contributed by atoms with van der Waals surface area (Å²) in [4.78, 5) is 17.6. The molecular formula is C30H31F3N4O3. The number of piperazine rings is 1. The van der Waals surface area contributed by atoms with Crippen molar-refractivity contribution in [2.24, 2.45) is 0 Å². The van der Waals surface area contributed by atoms with E-state index < -0.39 is 6.36 Å². The van der Waals surface area contributed by atoms with Gasteiger partial charge in [0.15, 0.2) is 5.78 Å². The van der Waals surface area contributed by atoms with Crippen LogP contribution in [0.5, 0.6) is 11.5 Å². The molecule has 0 amide bonds. The van der Waals surface area contributed by atoms with Gasteiger partial charge in [-0.2, -0.15) is 5.10 Å². The molecule has 0 saturated carbocycles. The van der Waals surface area contributed by atoms with Crippen LogP contribution in [0.25, 0.3) is 5.52 Å². The van der Waals surface area contributed by atoms with Gasteiger partial charge in [-0.05, 0) is 68.3 Å². The Labute approximate surface area is 230 Å². The van der Waals surface area contributed by atoms with Crippen LogP contribution in [0.4, 0.5) is 24.5 Å². The molecule has 1 atom stereocenters. The predicted molar refractivity (Wildman–Crippen MR) is 148 cm³/mol. The van der Waals surface area contributed by atoms with Crippen molar-refractivity contribution in [1.82, 2.24) is 9.61 Å². The highest BCUT2D eigenvalue weighted by molar-refractivity contribution is 6.03. The quantitative estimate of drug-likeness (QED) is 0.247. The maximum absolute atomic E-state index is 13.1. The van der Waals surface area contributed by atoms with Crippen molar-refractivity contribution in [3.63, 3.8) is 0 Å². The van der Waals surface area contributed by atoms with Crippen LogP contribution in [-0.2, 0) is 6.42 Å². The minimum atomic E-state index is -4.70. The molecule has 10 heteroatoms. The minimum Gasteiger partial charge on any atom is -0.497 e. The number of hydrogen-bond acceptors (Lipinski definition) is 6. The number of nitrogens with zero attached hydrogens (tertiary/aromatic N) is 4. The van der Waals surface area contributed by atoms with Crippen LogP contribution in [0.3, 0.4) is 0 Å². The number of carbonyl (C=O) groups excluding carboxylic acids is 1. The number of aryl methyl sites for hydroxylation is 2. The second-order valence-electron chi connectivity index (χ2n) is 9.98. The molecule has 0 radical (unpaired) electrons. The van der Waals surface area contributed by atoms with E-state index in [0.29, 0.717) is 29.8 Å². The highest BCUT2D eigenvalue weighted by Crippen LogP contribution is 2.29.